The quantitative estimate of drug-likeness (QED) is 0.694. The van der Waals surface area contributed by atoms with Gasteiger partial charge >= 0.3 is 0 Å². The van der Waals surface area contributed by atoms with Gasteiger partial charge in [0.1, 0.15) is 0 Å². The van der Waals surface area contributed by atoms with E-state index in [1.165, 1.54) is 0 Å². The van der Waals surface area contributed by atoms with Crippen molar-refractivity contribution in [3.63, 3.8) is 0 Å². The number of carbonyl (C=O) groups is 1. The third-order valence-electron chi connectivity index (χ3n) is 2.90. The summed E-state index contributed by atoms with van der Waals surface area (Å²) >= 11 is 0. The van der Waals surface area contributed by atoms with Crippen LogP contribution < -0.4 is 10.6 Å². The third kappa shape index (κ3) is 4.13. The molecule has 0 radical (unpaired) electrons. The summed E-state index contributed by atoms with van der Waals surface area (Å²) < 4.78 is 0. The zero-order valence-corrected chi connectivity index (χ0v) is 11.1. The number of unbranched alkanes of at least 4 members (excludes halogenated alkanes) is 1. The van der Waals surface area contributed by atoms with E-state index >= 15 is 0 Å². The zero-order valence-electron chi connectivity index (χ0n) is 11.1. The highest BCUT2D eigenvalue weighted by Crippen LogP contribution is 2.22. The molecule has 0 heterocycles. The molecule has 100 valence electrons. The van der Waals surface area contributed by atoms with Gasteiger partial charge in [0.15, 0.2) is 0 Å². The van der Waals surface area contributed by atoms with Gasteiger partial charge in [0.25, 0.3) is 0 Å². The van der Waals surface area contributed by atoms with Gasteiger partial charge < -0.3 is 15.7 Å². The molecule has 18 heavy (non-hydrogen) atoms. The maximum atomic E-state index is 11.7. The number of aliphatic hydroxyl groups excluding tert-OH is 1. The smallest absolute Gasteiger partial charge is 0.224 e. The molecule has 1 unspecified atom stereocenters. The molecule has 4 heteroatoms. The van der Waals surface area contributed by atoms with E-state index in [1.807, 2.05) is 24.3 Å². The van der Waals surface area contributed by atoms with Crippen molar-refractivity contribution in [3.05, 3.63) is 29.8 Å². The molecule has 0 aliphatic carbocycles. The number of hydrogen-bond donors (Lipinski definition) is 3. The lowest BCUT2D eigenvalue weighted by Gasteiger charge is -2.18. The largest absolute Gasteiger partial charge is 0.394 e. The van der Waals surface area contributed by atoms with Gasteiger partial charge in [-0.15, -0.1) is 0 Å². The van der Waals surface area contributed by atoms with E-state index in [9.17, 15) is 9.90 Å². The minimum atomic E-state index is -0.160. The fourth-order valence-corrected chi connectivity index (χ4v) is 1.81. The summed E-state index contributed by atoms with van der Waals surface area (Å²) in [5.74, 6) is 0.0251. The van der Waals surface area contributed by atoms with Crippen LogP contribution in [-0.4, -0.2) is 24.7 Å². The minimum Gasteiger partial charge on any atom is -0.394 e. The predicted octanol–water partition coefficient (Wildman–Crippen LogP) is 2.07. The predicted molar refractivity (Wildman–Crippen MR) is 73.5 cm³/mol. The number of benzene rings is 1. The first-order valence-corrected chi connectivity index (χ1v) is 6.39. The highest BCUT2D eigenvalue weighted by atomic mass is 16.3. The second kappa shape index (κ2) is 7.84. The fraction of sp³-hybridized carbons (Fsp3) is 0.500. The van der Waals surface area contributed by atoms with Gasteiger partial charge in [0.05, 0.1) is 12.6 Å². The van der Waals surface area contributed by atoms with E-state index in [4.69, 9.17) is 0 Å². The van der Waals surface area contributed by atoms with E-state index in [1.54, 1.807) is 7.05 Å². The van der Waals surface area contributed by atoms with Crippen LogP contribution >= 0.6 is 0 Å². The van der Waals surface area contributed by atoms with E-state index < -0.39 is 0 Å². The van der Waals surface area contributed by atoms with Crippen LogP contribution in [0, 0.1) is 0 Å². The van der Waals surface area contributed by atoms with Crippen molar-refractivity contribution in [1.29, 1.82) is 0 Å². The van der Waals surface area contributed by atoms with Crippen LogP contribution in [0.15, 0.2) is 24.3 Å². The van der Waals surface area contributed by atoms with Gasteiger partial charge in [-0.05, 0) is 25.1 Å². The molecule has 0 aromatic heterocycles. The Morgan fingerprint density at radius 1 is 1.39 bits per heavy atom. The van der Waals surface area contributed by atoms with Crippen molar-refractivity contribution in [1.82, 2.24) is 5.32 Å². The zero-order chi connectivity index (χ0) is 13.4. The van der Waals surface area contributed by atoms with Crippen LogP contribution in [0.25, 0.3) is 0 Å². The second-order valence-electron chi connectivity index (χ2n) is 4.26. The van der Waals surface area contributed by atoms with Gasteiger partial charge in [-0.2, -0.15) is 0 Å². The molecule has 0 spiro atoms. The van der Waals surface area contributed by atoms with E-state index in [2.05, 4.69) is 17.6 Å². The number of hydrogen-bond acceptors (Lipinski definition) is 3. The van der Waals surface area contributed by atoms with Crippen molar-refractivity contribution in [3.8, 4) is 0 Å². The maximum Gasteiger partial charge on any atom is 0.224 e. The molecular weight excluding hydrogens is 228 g/mol. The van der Waals surface area contributed by atoms with Gasteiger partial charge in [0.2, 0.25) is 5.91 Å². The molecule has 0 saturated carbocycles. The van der Waals surface area contributed by atoms with Crippen LogP contribution in [0.1, 0.15) is 37.8 Å². The average Bonchev–Trinajstić information content (AvgIpc) is 2.39. The van der Waals surface area contributed by atoms with Gasteiger partial charge in [0, 0.05) is 12.1 Å². The monoisotopic (exact) mass is 250 g/mol. The first-order chi connectivity index (χ1) is 8.72. The standard InChI is InChI=1S/C14H22N2O2/c1-3-4-9-14(18)16-12-8-6-5-7-11(12)13(10-17)15-2/h5-8,13,15,17H,3-4,9-10H2,1-2H3,(H,16,18). The molecule has 0 fully saturated rings. The molecule has 1 atom stereocenters. The minimum absolute atomic E-state index is 0.00164. The Morgan fingerprint density at radius 3 is 2.72 bits per heavy atom. The molecule has 1 rings (SSSR count). The molecule has 0 aliphatic rings. The van der Waals surface area contributed by atoms with Crippen LogP contribution in [0.5, 0.6) is 0 Å². The summed E-state index contributed by atoms with van der Waals surface area (Å²) in [4.78, 5) is 11.7. The van der Waals surface area contributed by atoms with Gasteiger partial charge in [-0.25, -0.2) is 0 Å². The first-order valence-electron chi connectivity index (χ1n) is 6.39. The molecule has 1 amide bonds. The summed E-state index contributed by atoms with van der Waals surface area (Å²) in [6.45, 7) is 2.06. The Balaban J connectivity index is 2.78. The lowest BCUT2D eigenvalue weighted by atomic mass is 10.1. The number of anilines is 1. The molecule has 1 aromatic carbocycles. The fourth-order valence-electron chi connectivity index (χ4n) is 1.81. The van der Waals surface area contributed by atoms with Crippen molar-refractivity contribution in [2.24, 2.45) is 0 Å². The topological polar surface area (TPSA) is 61.4 Å². The number of likely N-dealkylation sites (N-methyl/N-ethyl adjacent to an activating group) is 1. The highest BCUT2D eigenvalue weighted by Gasteiger charge is 2.13. The molecule has 0 aliphatic heterocycles. The molecule has 3 N–H and O–H groups in total. The van der Waals surface area contributed by atoms with Crippen LogP contribution in [-0.2, 0) is 4.79 Å². The Labute approximate surface area is 108 Å². The Morgan fingerprint density at radius 2 is 2.11 bits per heavy atom. The lowest BCUT2D eigenvalue weighted by molar-refractivity contribution is -0.116. The average molecular weight is 250 g/mol. The van der Waals surface area contributed by atoms with E-state index in [0.29, 0.717) is 6.42 Å². The summed E-state index contributed by atoms with van der Waals surface area (Å²) in [5.41, 5.74) is 1.68. The van der Waals surface area contributed by atoms with Crippen LogP contribution in [0.3, 0.4) is 0 Å². The summed E-state index contributed by atoms with van der Waals surface area (Å²) in [6.07, 6.45) is 2.43. The second-order valence-corrected chi connectivity index (χ2v) is 4.26. The Bertz CT molecular complexity index is 376. The van der Waals surface area contributed by atoms with E-state index in [0.717, 1.165) is 24.1 Å². The molecule has 0 saturated heterocycles. The number of rotatable bonds is 7. The highest BCUT2D eigenvalue weighted by molar-refractivity contribution is 5.91. The number of aliphatic hydroxyl groups is 1. The summed E-state index contributed by atoms with van der Waals surface area (Å²) in [7, 11) is 1.79. The number of nitrogens with one attached hydrogen (secondary N) is 2. The van der Waals surface area contributed by atoms with Crippen molar-refractivity contribution < 1.29 is 9.90 Å². The van der Waals surface area contributed by atoms with Crippen LogP contribution in [0.4, 0.5) is 5.69 Å². The maximum absolute atomic E-state index is 11.7. The first kappa shape index (κ1) is 14.7. The van der Waals surface area contributed by atoms with Crippen molar-refractivity contribution in [2.45, 2.75) is 32.2 Å². The summed E-state index contributed by atoms with van der Waals surface area (Å²) in [6, 6.07) is 7.39. The normalized spacial score (nSPS) is 12.2. The number of amides is 1. The van der Waals surface area contributed by atoms with Crippen LogP contribution in [0.2, 0.25) is 0 Å². The third-order valence-corrected chi connectivity index (χ3v) is 2.90. The van der Waals surface area contributed by atoms with E-state index in [-0.39, 0.29) is 18.6 Å². The van der Waals surface area contributed by atoms with Crippen molar-refractivity contribution in [2.75, 3.05) is 19.0 Å². The Kier molecular flexibility index (Phi) is 6.39. The van der Waals surface area contributed by atoms with Gasteiger partial charge in [-0.3, -0.25) is 4.79 Å². The molecule has 4 nitrogen and oxygen atoms in total. The Hall–Kier alpha value is -1.39. The molecular formula is C14H22N2O2. The summed E-state index contributed by atoms with van der Waals surface area (Å²) in [5, 5.41) is 15.2. The SMILES string of the molecule is CCCCC(=O)Nc1ccccc1C(CO)NC. The molecule has 0 bridgehead atoms. The van der Waals surface area contributed by atoms with Gasteiger partial charge in [-0.1, -0.05) is 31.5 Å². The molecule has 1 aromatic rings. The number of carbonyl (C=O) groups excluding carboxylic acids is 1. The lowest BCUT2D eigenvalue weighted by Crippen LogP contribution is -2.22. The number of para-hydroxylation sites is 1. The van der Waals surface area contributed by atoms with Crippen molar-refractivity contribution >= 4 is 11.6 Å².